The van der Waals surface area contributed by atoms with Crippen molar-refractivity contribution in [2.75, 3.05) is 40.8 Å². The molecule has 0 bridgehead atoms. The molecule has 4 amide bonds. The second kappa shape index (κ2) is 6.22. The molecule has 1 aliphatic rings. The van der Waals surface area contributed by atoms with Crippen molar-refractivity contribution in [2.45, 2.75) is 6.04 Å². The van der Waals surface area contributed by atoms with Crippen molar-refractivity contribution in [2.24, 2.45) is 0 Å². The minimum Gasteiger partial charge on any atom is -0.480 e. The first-order chi connectivity index (χ1) is 9.23. The minimum atomic E-state index is -1.20. The van der Waals surface area contributed by atoms with E-state index in [4.69, 9.17) is 5.11 Å². The molecule has 0 aromatic rings. The van der Waals surface area contributed by atoms with Crippen LogP contribution < -0.4 is 5.32 Å². The van der Waals surface area contributed by atoms with Crippen LogP contribution in [-0.4, -0.2) is 90.4 Å². The van der Waals surface area contributed by atoms with Crippen LogP contribution in [0.3, 0.4) is 0 Å². The van der Waals surface area contributed by atoms with E-state index in [2.05, 4.69) is 5.32 Å². The molecule has 9 nitrogen and oxygen atoms in total. The Kier molecular flexibility index (Phi) is 4.89. The standard InChI is InChI=1S/C11H18N4O5/c1-13(2)9(17)6-14(3)11(20)15-5-8(16)12-4-7(15)10(18)19/h7H,4-6H2,1-3H3,(H,12,16)(H,18,19). The number of aliphatic carboxylic acids is 1. The molecule has 2 N–H and O–H groups in total. The first-order valence-corrected chi connectivity index (χ1v) is 5.95. The van der Waals surface area contributed by atoms with Gasteiger partial charge in [0.25, 0.3) is 0 Å². The van der Waals surface area contributed by atoms with Gasteiger partial charge < -0.3 is 20.2 Å². The van der Waals surface area contributed by atoms with E-state index in [0.717, 1.165) is 9.80 Å². The molecule has 0 saturated carbocycles. The molecule has 0 radical (unpaired) electrons. The van der Waals surface area contributed by atoms with Gasteiger partial charge in [-0.3, -0.25) is 14.5 Å². The van der Waals surface area contributed by atoms with Crippen LogP contribution in [0.4, 0.5) is 4.79 Å². The lowest BCUT2D eigenvalue weighted by atomic mass is 10.2. The first kappa shape index (κ1) is 15.7. The molecule has 1 heterocycles. The Balaban J connectivity index is 2.78. The summed E-state index contributed by atoms with van der Waals surface area (Å²) in [5.74, 6) is -1.93. The molecule has 0 aromatic carbocycles. The molecule has 0 aliphatic carbocycles. The van der Waals surface area contributed by atoms with E-state index in [9.17, 15) is 19.2 Å². The molecule has 1 aliphatic heterocycles. The second-order valence-corrected chi connectivity index (χ2v) is 4.71. The van der Waals surface area contributed by atoms with E-state index in [0.29, 0.717) is 0 Å². The van der Waals surface area contributed by atoms with Crippen molar-refractivity contribution in [1.29, 1.82) is 0 Å². The summed E-state index contributed by atoms with van der Waals surface area (Å²) in [5, 5.41) is 11.4. The number of carboxylic acid groups (broad SMARTS) is 1. The quantitative estimate of drug-likeness (QED) is 0.624. The third-order valence-corrected chi connectivity index (χ3v) is 2.91. The predicted octanol–water partition coefficient (Wildman–Crippen LogP) is -1.99. The Hall–Kier alpha value is -2.32. The fourth-order valence-corrected chi connectivity index (χ4v) is 1.69. The summed E-state index contributed by atoms with van der Waals surface area (Å²) in [5.41, 5.74) is 0. The normalized spacial score (nSPS) is 18.2. The van der Waals surface area contributed by atoms with Crippen molar-refractivity contribution in [1.82, 2.24) is 20.0 Å². The van der Waals surface area contributed by atoms with Crippen molar-refractivity contribution in [3.05, 3.63) is 0 Å². The molecule has 0 spiro atoms. The number of carbonyl (C=O) groups excluding carboxylic acids is 3. The highest BCUT2D eigenvalue weighted by molar-refractivity contribution is 5.91. The average Bonchev–Trinajstić information content (AvgIpc) is 2.36. The molecule has 1 unspecified atom stereocenters. The smallest absolute Gasteiger partial charge is 0.328 e. The monoisotopic (exact) mass is 286 g/mol. The van der Waals surface area contributed by atoms with Crippen LogP contribution in [0, 0.1) is 0 Å². The second-order valence-electron chi connectivity index (χ2n) is 4.71. The molecule has 1 atom stereocenters. The highest BCUT2D eigenvalue weighted by Gasteiger charge is 2.36. The van der Waals surface area contributed by atoms with E-state index >= 15 is 0 Å². The van der Waals surface area contributed by atoms with E-state index in [-0.39, 0.29) is 25.5 Å². The zero-order valence-electron chi connectivity index (χ0n) is 11.6. The summed E-state index contributed by atoms with van der Waals surface area (Å²) in [6.07, 6.45) is 0. The van der Waals surface area contributed by atoms with Gasteiger partial charge in [0.15, 0.2) is 0 Å². The fraction of sp³-hybridized carbons (Fsp3) is 0.636. The number of carboxylic acids is 1. The zero-order chi connectivity index (χ0) is 15.4. The largest absolute Gasteiger partial charge is 0.480 e. The Morgan fingerprint density at radius 3 is 2.45 bits per heavy atom. The van der Waals surface area contributed by atoms with E-state index < -0.39 is 23.9 Å². The van der Waals surface area contributed by atoms with Crippen LogP contribution in [0.5, 0.6) is 0 Å². The van der Waals surface area contributed by atoms with Crippen molar-refractivity contribution < 1.29 is 24.3 Å². The molecule has 9 heteroatoms. The Labute approximate surface area is 116 Å². The van der Waals surface area contributed by atoms with Gasteiger partial charge in [-0.2, -0.15) is 0 Å². The Bertz CT molecular complexity index is 437. The molecule has 20 heavy (non-hydrogen) atoms. The molecular weight excluding hydrogens is 268 g/mol. The molecule has 1 rings (SSSR count). The maximum atomic E-state index is 12.2. The van der Waals surface area contributed by atoms with Gasteiger partial charge in [-0.15, -0.1) is 0 Å². The highest BCUT2D eigenvalue weighted by Crippen LogP contribution is 2.08. The minimum absolute atomic E-state index is 0.143. The summed E-state index contributed by atoms with van der Waals surface area (Å²) in [6.45, 7) is -0.665. The molecule has 0 aromatic heterocycles. The summed E-state index contributed by atoms with van der Waals surface area (Å²) in [4.78, 5) is 49.5. The SMILES string of the molecule is CN(C)C(=O)CN(C)C(=O)N1CC(=O)NCC1C(=O)O. The number of hydrogen-bond acceptors (Lipinski definition) is 4. The van der Waals surface area contributed by atoms with Crippen LogP contribution >= 0.6 is 0 Å². The maximum absolute atomic E-state index is 12.2. The first-order valence-electron chi connectivity index (χ1n) is 5.95. The third kappa shape index (κ3) is 3.59. The van der Waals surface area contributed by atoms with Crippen LogP contribution in [0.15, 0.2) is 0 Å². The fourth-order valence-electron chi connectivity index (χ4n) is 1.69. The number of hydrogen-bond donors (Lipinski definition) is 2. The number of nitrogens with zero attached hydrogens (tertiary/aromatic N) is 3. The van der Waals surface area contributed by atoms with E-state index in [1.165, 1.54) is 11.9 Å². The van der Waals surface area contributed by atoms with Crippen LogP contribution in [0.25, 0.3) is 0 Å². The van der Waals surface area contributed by atoms with Gasteiger partial charge in [0, 0.05) is 27.7 Å². The predicted molar refractivity (Wildman–Crippen MR) is 67.9 cm³/mol. The average molecular weight is 286 g/mol. The number of carbonyl (C=O) groups is 4. The van der Waals surface area contributed by atoms with Crippen molar-refractivity contribution in [3.8, 4) is 0 Å². The molecule has 1 fully saturated rings. The number of amides is 4. The number of rotatable bonds is 3. The van der Waals surface area contributed by atoms with Gasteiger partial charge >= 0.3 is 12.0 Å². The summed E-state index contributed by atoms with van der Waals surface area (Å²) in [7, 11) is 4.49. The maximum Gasteiger partial charge on any atom is 0.328 e. The number of urea groups is 1. The van der Waals surface area contributed by atoms with Gasteiger partial charge in [0.1, 0.15) is 19.1 Å². The van der Waals surface area contributed by atoms with Gasteiger partial charge in [-0.25, -0.2) is 9.59 Å². The Morgan fingerprint density at radius 1 is 1.35 bits per heavy atom. The third-order valence-electron chi connectivity index (χ3n) is 2.91. The number of nitrogens with one attached hydrogen (secondary N) is 1. The van der Waals surface area contributed by atoms with E-state index in [1.807, 2.05) is 0 Å². The molecule has 1 saturated heterocycles. The summed E-state index contributed by atoms with van der Waals surface area (Å²) >= 11 is 0. The topological polar surface area (TPSA) is 110 Å². The lowest BCUT2D eigenvalue weighted by Crippen LogP contribution is -2.61. The van der Waals surface area contributed by atoms with E-state index in [1.54, 1.807) is 14.1 Å². The number of piperazine rings is 1. The van der Waals surface area contributed by atoms with Crippen molar-refractivity contribution >= 4 is 23.8 Å². The van der Waals surface area contributed by atoms with Gasteiger partial charge in [-0.1, -0.05) is 0 Å². The van der Waals surface area contributed by atoms with Gasteiger partial charge in [0.2, 0.25) is 11.8 Å². The molecular formula is C11H18N4O5. The van der Waals surface area contributed by atoms with Crippen LogP contribution in [0.2, 0.25) is 0 Å². The Morgan fingerprint density at radius 2 is 1.95 bits per heavy atom. The number of likely N-dealkylation sites (N-methyl/N-ethyl adjacent to an activating group) is 2. The van der Waals surface area contributed by atoms with Crippen LogP contribution in [0.1, 0.15) is 0 Å². The van der Waals surface area contributed by atoms with Gasteiger partial charge in [-0.05, 0) is 0 Å². The lowest BCUT2D eigenvalue weighted by Gasteiger charge is -2.35. The summed E-state index contributed by atoms with van der Waals surface area (Å²) < 4.78 is 0. The van der Waals surface area contributed by atoms with Crippen LogP contribution in [-0.2, 0) is 14.4 Å². The van der Waals surface area contributed by atoms with Gasteiger partial charge in [0.05, 0.1) is 0 Å². The lowest BCUT2D eigenvalue weighted by molar-refractivity contribution is -0.144. The summed E-state index contributed by atoms with van der Waals surface area (Å²) in [6, 6.07) is -1.79. The zero-order valence-corrected chi connectivity index (χ0v) is 11.6. The molecule has 112 valence electrons. The van der Waals surface area contributed by atoms with Crippen molar-refractivity contribution in [3.63, 3.8) is 0 Å². The highest BCUT2D eigenvalue weighted by atomic mass is 16.4.